The number of rotatable bonds is 28. The zero-order chi connectivity index (χ0) is 60.4. The van der Waals surface area contributed by atoms with Crippen molar-refractivity contribution in [2.24, 2.45) is 10.7 Å². The molecule has 0 saturated heterocycles. The Kier molecular flexibility index (Phi) is 29.6. The lowest BCUT2D eigenvalue weighted by atomic mass is 10.0. The van der Waals surface area contributed by atoms with Gasteiger partial charge in [-0.15, -0.1) is 4.99 Å². The summed E-state index contributed by atoms with van der Waals surface area (Å²) in [4.78, 5) is 120. The maximum atomic E-state index is 13.2. The highest BCUT2D eigenvalue weighted by molar-refractivity contribution is 5.98. The van der Waals surface area contributed by atoms with Gasteiger partial charge >= 0.3 is 36.1 Å². The first-order valence-corrected chi connectivity index (χ1v) is 27.6. The summed E-state index contributed by atoms with van der Waals surface area (Å²) in [5.41, 5.74) is 3.79. The zero-order valence-corrected chi connectivity index (χ0v) is 50.3. The SMILES string of the molecule is Cc1cc(C(=O)NCCCCCNC(=O)CCCCCCC(=O)NCCCCC(NC(=O)NC(CCC(=O)OC(C)(C)C)C(=O)OC(C)(C)C)C(=O)OC(C)(C)C)ccc1CN(C(=O)OC(C)(C)C)/C(N)=N/C(=O)OC(C)(C)C. The first kappa shape index (κ1) is 70.5. The molecule has 0 fully saturated rings. The van der Waals surface area contributed by atoms with Crippen molar-refractivity contribution in [2.75, 3.05) is 19.6 Å². The van der Waals surface area contributed by atoms with Gasteiger partial charge < -0.3 is 56.0 Å². The summed E-state index contributed by atoms with van der Waals surface area (Å²) in [5.74, 6) is -2.77. The first-order valence-electron chi connectivity index (χ1n) is 27.6. The van der Waals surface area contributed by atoms with E-state index >= 15 is 0 Å². The van der Waals surface area contributed by atoms with Gasteiger partial charge in [-0.25, -0.2) is 28.9 Å². The van der Waals surface area contributed by atoms with Crippen LogP contribution in [-0.4, -0.2) is 124 Å². The molecule has 448 valence electrons. The van der Waals surface area contributed by atoms with E-state index in [1.54, 1.807) is 129 Å². The van der Waals surface area contributed by atoms with Crippen LogP contribution in [0.15, 0.2) is 23.2 Å². The molecule has 0 bridgehead atoms. The second-order valence-electron chi connectivity index (χ2n) is 24.5. The molecule has 0 saturated carbocycles. The van der Waals surface area contributed by atoms with Gasteiger partial charge in [-0.2, -0.15) is 0 Å². The van der Waals surface area contributed by atoms with Gasteiger partial charge in [-0.1, -0.05) is 18.9 Å². The smallest absolute Gasteiger partial charge is 0.437 e. The van der Waals surface area contributed by atoms with E-state index in [2.05, 4.69) is 31.6 Å². The highest BCUT2D eigenvalue weighted by Crippen LogP contribution is 2.19. The Morgan fingerprint density at radius 1 is 0.532 bits per heavy atom. The molecule has 7 N–H and O–H groups in total. The van der Waals surface area contributed by atoms with Crippen molar-refractivity contribution in [3.63, 3.8) is 0 Å². The highest BCUT2D eigenvalue weighted by atomic mass is 16.6. The van der Waals surface area contributed by atoms with E-state index in [1.807, 2.05) is 0 Å². The molecule has 0 aliphatic rings. The van der Waals surface area contributed by atoms with E-state index in [4.69, 9.17) is 29.4 Å². The van der Waals surface area contributed by atoms with Crippen LogP contribution in [0.1, 0.15) is 215 Å². The van der Waals surface area contributed by atoms with Crippen molar-refractivity contribution in [1.29, 1.82) is 0 Å². The molecular formula is C57H96N8O14. The van der Waals surface area contributed by atoms with Crippen LogP contribution in [0, 0.1) is 6.92 Å². The van der Waals surface area contributed by atoms with Crippen molar-refractivity contribution >= 4 is 59.8 Å². The lowest BCUT2D eigenvalue weighted by molar-refractivity contribution is -0.159. The third-order valence-electron chi connectivity index (χ3n) is 10.7. The number of benzene rings is 1. The number of esters is 3. The quantitative estimate of drug-likeness (QED) is 0.0151. The summed E-state index contributed by atoms with van der Waals surface area (Å²) in [7, 11) is 0. The van der Waals surface area contributed by atoms with Gasteiger partial charge in [0.1, 0.15) is 40.1 Å². The molecule has 7 amide bonds. The molecule has 79 heavy (non-hydrogen) atoms. The molecule has 0 radical (unpaired) electrons. The Balaban J connectivity index is 2.46. The van der Waals surface area contributed by atoms with Gasteiger partial charge in [-0.05, 0) is 192 Å². The van der Waals surface area contributed by atoms with E-state index in [0.717, 1.165) is 30.6 Å². The third kappa shape index (κ3) is 34.9. The molecule has 0 aliphatic heterocycles. The van der Waals surface area contributed by atoms with E-state index in [9.17, 15) is 43.2 Å². The zero-order valence-electron chi connectivity index (χ0n) is 50.3. The number of ether oxygens (including phenoxy) is 5. The number of nitrogens with two attached hydrogens (primary N) is 1. The summed E-state index contributed by atoms with van der Waals surface area (Å²) in [6, 6.07) is 1.95. The number of carbonyl (C=O) groups is 9. The molecule has 1 rings (SSSR count). The minimum Gasteiger partial charge on any atom is -0.460 e. The third-order valence-corrected chi connectivity index (χ3v) is 10.7. The number of carbonyl (C=O) groups excluding carboxylic acids is 9. The van der Waals surface area contributed by atoms with Crippen LogP contribution in [0.25, 0.3) is 0 Å². The van der Waals surface area contributed by atoms with Gasteiger partial charge in [-0.3, -0.25) is 19.2 Å². The monoisotopic (exact) mass is 1120 g/mol. The molecule has 0 heterocycles. The maximum absolute atomic E-state index is 13.2. The minimum atomic E-state index is -1.21. The predicted octanol–water partition coefficient (Wildman–Crippen LogP) is 8.47. The Morgan fingerprint density at radius 3 is 1.44 bits per heavy atom. The average molecular weight is 1120 g/mol. The normalized spacial score (nSPS) is 12.9. The molecule has 0 aromatic heterocycles. The van der Waals surface area contributed by atoms with E-state index in [-0.39, 0.29) is 43.5 Å². The summed E-state index contributed by atoms with van der Waals surface area (Å²) in [6.45, 7) is 28.5. The molecule has 0 aliphatic carbocycles. The lowest BCUT2D eigenvalue weighted by Crippen LogP contribution is -2.53. The fourth-order valence-corrected chi connectivity index (χ4v) is 7.20. The summed E-state index contributed by atoms with van der Waals surface area (Å²) in [5, 5.41) is 13.9. The molecule has 0 spiro atoms. The van der Waals surface area contributed by atoms with Crippen LogP contribution >= 0.6 is 0 Å². The number of hydrogen-bond donors (Lipinski definition) is 6. The van der Waals surface area contributed by atoms with Gasteiger partial charge in [0, 0.05) is 44.5 Å². The van der Waals surface area contributed by atoms with Crippen molar-refractivity contribution in [3.05, 3.63) is 34.9 Å². The second kappa shape index (κ2) is 33.2. The fraction of sp³-hybridized carbons (Fsp3) is 0.719. The first-order chi connectivity index (χ1) is 36.3. The minimum absolute atomic E-state index is 0.0397. The van der Waals surface area contributed by atoms with Crippen LogP contribution in [0.5, 0.6) is 0 Å². The number of unbranched alkanes of at least 4 members (excludes halogenated alkanes) is 6. The molecule has 1 aromatic carbocycles. The summed E-state index contributed by atoms with van der Waals surface area (Å²) >= 11 is 0. The average Bonchev–Trinajstić information content (AvgIpc) is 3.26. The number of amides is 7. The van der Waals surface area contributed by atoms with E-state index in [0.29, 0.717) is 81.3 Å². The predicted molar refractivity (Wildman–Crippen MR) is 301 cm³/mol. The van der Waals surface area contributed by atoms with E-state index < -0.39 is 82.2 Å². The highest BCUT2D eigenvalue weighted by Gasteiger charge is 2.32. The fourth-order valence-electron chi connectivity index (χ4n) is 7.20. The largest absolute Gasteiger partial charge is 0.460 e. The topological polar surface area (TPSA) is 302 Å². The van der Waals surface area contributed by atoms with Crippen LogP contribution in [0.3, 0.4) is 0 Å². The number of nitrogens with one attached hydrogen (secondary N) is 5. The van der Waals surface area contributed by atoms with Crippen molar-refractivity contribution in [2.45, 2.75) is 247 Å². The number of guanidine groups is 1. The standard InChI is InChI=1S/C57H96N8O14/c1-38-36-39(29-30-40(38)37-65(52(74)79-57(14,15)16)49(58)64-51(73)78-56(11,12)13)46(69)61-35-24-19-23-33-59-43(66)27-20-17-18-21-28-44(67)60-34-25-22-26-41(47(70)76-54(5,6)7)62-50(72)63-42(48(71)77-55(8,9)10)31-32-45(68)75-53(2,3)4/h29-30,36,41-42H,17-28,31-35,37H2,1-16H3,(H,59,66)(H,60,67)(H,61,69)(H2,58,64,73)(H2,62,63,72). The Bertz CT molecular complexity index is 2210. The summed E-state index contributed by atoms with van der Waals surface area (Å²) in [6.07, 6.45) is 5.02. The second-order valence-corrected chi connectivity index (χ2v) is 24.5. The van der Waals surface area contributed by atoms with Crippen LogP contribution < -0.4 is 32.3 Å². The van der Waals surface area contributed by atoms with Gasteiger partial charge in [0.25, 0.3) is 5.91 Å². The van der Waals surface area contributed by atoms with Gasteiger partial charge in [0.15, 0.2) is 0 Å². The number of hydrogen-bond acceptors (Lipinski definition) is 14. The number of aliphatic imine (C=N–C) groups is 1. The van der Waals surface area contributed by atoms with Crippen LogP contribution in [0.4, 0.5) is 14.4 Å². The molecule has 1 aromatic rings. The van der Waals surface area contributed by atoms with Crippen molar-refractivity contribution < 1.29 is 66.8 Å². The molecular weight excluding hydrogens is 1020 g/mol. The van der Waals surface area contributed by atoms with Crippen LogP contribution in [0.2, 0.25) is 0 Å². The Labute approximate surface area is 469 Å². The lowest BCUT2D eigenvalue weighted by Gasteiger charge is -2.27. The number of nitrogens with zero attached hydrogens (tertiary/aromatic N) is 2. The Hall–Kier alpha value is -6.48. The Morgan fingerprint density at radius 2 is 0.975 bits per heavy atom. The molecule has 22 heteroatoms. The van der Waals surface area contributed by atoms with Crippen molar-refractivity contribution in [1.82, 2.24) is 31.5 Å². The molecule has 2 unspecified atom stereocenters. The van der Waals surface area contributed by atoms with Crippen molar-refractivity contribution in [3.8, 4) is 0 Å². The molecule has 2 atom stereocenters. The van der Waals surface area contributed by atoms with Crippen LogP contribution in [-0.2, 0) is 54.2 Å². The van der Waals surface area contributed by atoms with E-state index in [1.165, 1.54) is 0 Å². The van der Waals surface area contributed by atoms with Gasteiger partial charge in [0.2, 0.25) is 17.8 Å². The number of urea groups is 1. The van der Waals surface area contributed by atoms with Gasteiger partial charge in [0.05, 0.1) is 6.54 Å². The molecule has 22 nitrogen and oxygen atoms in total. The summed E-state index contributed by atoms with van der Waals surface area (Å²) < 4.78 is 27.1. The number of aryl methyl sites for hydroxylation is 1. The maximum Gasteiger partial charge on any atom is 0.437 e.